The maximum atomic E-state index is 12.8. The first kappa shape index (κ1) is 15.3. The SMILES string of the molecule is C[C@H]1C[C@@H]1C(=O)OCC(=O)N1c2ccccc2Sc2ccccc21. The minimum Gasteiger partial charge on any atom is -0.455 e. The van der Waals surface area contributed by atoms with Crippen molar-refractivity contribution in [3.8, 4) is 0 Å². The topological polar surface area (TPSA) is 46.6 Å². The minimum absolute atomic E-state index is 0.0331. The Balaban J connectivity index is 1.59. The molecule has 0 N–H and O–H groups in total. The Morgan fingerprint density at radius 1 is 1.08 bits per heavy atom. The highest BCUT2D eigenvalue weighted by Gasteiger charge is 2.41. The average molecular weight is 339 g/mol. The average Bonchev–Trinajstić information content (AvgIpc) is 3.34. The monoisotopic (exact) mass is 339 g/mol. The Hall–Kier alpha value is -2.27. The van der Waals surface area contributed by atoms with Crippen LogP contribution in [0.1, 0.15) is 13.3 Å². The van der Waals surface area contributed by atoms with Gasteiger partial charge in [0.2, 0.25) is 0 Å². The molecule has 1 amide bonds. The number of ether oxygens (including phenoxy) is 1. The molecule has 0 bridgehead atoms. The van der Waals surface area contributed by atoms with E-state index in [0.29, 0.717) is 5.92 Å². The molecule has 1 heterocycles. The van der Waals surface area contributed by atoms with Crippen molar-refractivity contribution in [1.29, 1.82) is 0 Å². The zero-order chi connectivity index (χ0) is 16.7. The van der Waals surface area contributed by atoms with Crippen molar-refractivity contribution in [3.05, 3.63) is 48.5 Å². The Morgan fingerprint density at radius 3 is 2.17 bits per heavy atom. The molecule has 2 atom stereocenters. The fraction of sp³-hybridized carbons (Fsp3) is 0.263. The van der Waals surface area contributed by atoms with Crippen LogP contribution in [0.15, 0.2) is 58.3 Å². The summed E-state index contributed by atoms with van der Waals surface area (Å²) in [7, 11) is 0. The smallest absolute Gasteiger partial charge is 0.309 e. The van der Waals surface area contributed by atoms with Crippen molar-refractivity contribution in [1.82, 2.24) is 0 Å². The van der Waals surface area contributed by atoms with E-state index in [1.165, 1.54) is 0 Å². The summed E-state index contributed by atoms with van der Waals surface area (Å²) in [5.41, 5.74) is 1.67. The summed E-state index contributed by atoms with van der Waals surface area (Å²) in [6, 6.07) is 15.6. The van der Waals surface area contributed by atoms with Gasteiger partial charge in [-0.25, -0.2) is 0 Å². The van der Waals surface area contributed by atoms with Crippen molar-refractivity contribution >= 4 is 35.0 Å². The minimum atomic E-state index is -0.260. The third-order valence-electron chi connectivity index (χ3n) is 4.43. The van der Waals surface area contributed by atoms with E-state index in [1.54, 1.807) is 16.7 Å². The number of carbonyl (C=O) groups excluding carboxylic acids is 2. The second-order valence-electron chi connectivity index (χ2n) is 6.19. The van der Waals surface area contributed by atoms with E-state index in [-0.39, 0.29) is 24.4 Å². The number of carbonyl (C=O) groups is 2. The molecule has 0 saturated heterocycles. The number of esters is 1. The molecule has 5 heteroatoms. The second-order valence-corrected chi connectivity index (χ2v) is 7.28. The van der Waals surface area contributed by atoms with Gasteiger partial charge >= 0.3 is 5.97 Å². The first-order valence-corrected chi connectivity index (χ1v) is 8.82. The number of rotatable bonds is 3. The van der Waals surface area contributed by atoms with Gasteiger partial charge < -0.3 is 4.74 Å². The van der Waals surface area contributed by atoms with Crippen molar-refractivity contribution in [2.24, 2.45) is 11.8 Å². The second kappa shape index (κ2) is 5.98. The van der Waals surface area contributed by atoms with Gasteiger partial charge in [-0.2, -0.15) is 0 Å². The Labute approximate surface area is 144 Å². The first-order chi connectivity index (χ1) is 11.6. The van der Waals surface area contributed by atoms with E-state index >= 15 is 0 Å². The maximum Gasteiger partial charge on any atom is 0.309 e. The van der Waals surface area contributed by atoms with Crippen molar-refractivity contribution in [2.45, 2.75) is 23.1 Å². The molecule has 0 radical (unpaired) electrons. The normalized spacial score (nSPS) is 20.8. The highest BCUT2D eigenvalue weighted by Crippen LogP contribution is 2.47. The van der Waals surface area contributed by atoms with E-state index in [0.717, 1.165) is 27.6 Å². The Bertz CT molecular complexity index is 774. The van der Waals surface area contributed by atoms with E-state index < -0.39 is 0 Å². The standard InChI is InChI=1S/C19H17NO3S/c1-12-10-13(12)19(22)23-11-18(21)20-14-6-2-4-8-16(14)24-17-9-5-3-7-15(17)20/h2-9,12-13H,10-11H2,1H3/t12-,13-/m0/s1. The molecule has 4 rings (SSSR count). The van der Waals surface area contributed by atoms with E-state index in [1.807, 2.05) is 55.5 Å². The van der Waals surface area contributed by atoms with E-state index in [2.05, 4.69) is 0 Å². The number of anilines is 2. The van der Waals surface area contributed by atoms with Gasteiger partial charge in [0, 0.05) is 9.79 Å². The van der Waals surface area contributed by atoms with Crippen LogP contribution < -0.4 is 4.90 Å². The van der Waals surface area contributed by atoms with Crippen LogP contribution >= 0.6 is 11.8 Å². The molecule has 0 aromatic heterocycles. The molecular weight excluding hydrogens is 322 g/mol. The van der Waals surface area contributed by atoms with Gasteiger partial charge in [-0.05, 0) is 36.6 Å². The molecule has 2 aromatic rings. The lowest BCUT2D eigenvalue weighted by Gasteiger charge is -2.30. The highest BCUT2D eigenvalue weighted by molar-refractivity contribution is 7.99. The lowest BCUT2D eigenvalue weighted by Crippen LogP contribution is -2.32. The van der Waals surface area contributed by atoms with Crippen LogP contribution in [0.3, 0.4) is 0 Å². The summed E-state index contributed by atoms with van der Waals surface area (Å²) in [6.07, 6.45) is 0.860. The molecule has 2 aliphatic rings. The van der Waals surface area contributed by atoms with Crippen LogP contribution in [0.5, 0.6) is 0 Å². The summed E-state index contributed by atoms with van der Waals surface area (Å²) in [4.78, 5) is 28.4. The van der Waals surface area contributed by atoms with Gasteiger partial charge in [-0.15, -0.1) is 0 Å². The van der Waals surface area contributed by atoms with Gasteiger partial charge in [0.15, 0.2) is 6.61 Å². The lowest BCUT2D eigenvalue weighted by atomic mass is 10.2. The van der Waals surface area contributed by atoms with Crippen LogP contribution in [0, 0.1) is 11.8 Å². The van der Waals surface area contributed by atoms with Gasteiger partial charge in [0.1, 0.15) is 0 Å². The number of amides is 1. The summed E-state index contributed by atoms with van der Waals surface area (Å²) >= 11 is 1.64. The molecule has 2 aromatic carbocycles. The molecule has 1 aliphatic carbocycles. The number of nitrogens with zero attached hydrogens (tertiary/aromatic N) is 1. The lowest BCUT2D eigenvalue weighted by molar-refractivity contribution is -0.149. The zero-order valence-corrected chi connectivity index (χ0v) is 14.1. The number of hydrogen-bond acceptors (Lipinski definition) is 4. The molecular formula is C19H17NO3S. The van der Waals surface area contributed by atoms with Crippen LogP contribution in [-0.4, -0.2) is 18.5 Å². The van der Waals surface area contributed by atoms with Crippen LogP contribution in [0.4, 0.5) is 11.4 Å². The van der Waals surface area contributed by atoms with E-state index in [4.69, 9.17) is 4.74 Å². The number of para-hydroxylation sites is 2. The predicted octanol–water partition coefficient (Wildman–Crippen LogP) is 4.02. The molecule has 122 valence electrons. The van der Waals surface area contributed by atoms with Gasteiger partial charge in [-0.1, -0.05) is 43.0 Å². The molecule has 1 aliphatic heterocycles. The van der Waals surface area contributed by atoms with Crippen molar-refractivity contribution in [3.63, 3.8) is 0 Å². The third kappa shape index (κ3) is 2.69. The Morgan fingerprint density at radius 2 is 1.62 bits per heavy atom. The maximum absolute atomic E-state index is 12.8. The quantitative estimate of drug-likeness (QED) is 0.793. The first-order valence-electron chi connectivity index (χ1n) is 8.00. The molecule has 0 unspecified atom stereocenters. The summed E-state index contributed by atoms with van der Waals surface area (Å²) in [5, 5.41) is 0. The van der Waals surface area contributed by atoms with Gasteiger partial charge in [0.25, 0.3) is 5.91 Å². The van der Waals surface area contributed by atoms with E-state index in [9.17, 15) is 9.59 Å². The third-order valence-corrected chi connectivity index (χ3v) is 5.56. The summed E-state index contributed by atoms with van der Waals surface area (Å²) < 4.78 is 5.24. The van der Waals surface area contributed by atoms with Crippen molar-refractivity contribution < 1.29 is 14.3 Å². The van der Waals surface area contributed by atoms with Crippen LogP contribution in [0.25, 0.3) is 0 Å². The van der Waals surface area contributed by atoms with Crippen LogP contribution in [0.2, 0.25) is 0 Å². The predicted molar refractivity (Wildman–Crippen MR) is 92.4 cm³/mol. The number of fused-ring (bicyclic) bond motifs is 2. The summed E-state index contributed by atoms with van der Waals surface area (Å²) in [5.74, 6) is -0.143. The highest BCUT2D eigenvalue weighted by atomic mass is 32.2. The van der Waals surface area contributed by atoms with Gasteiger partial charge in [-0.3, -0.25) is 14.5 Å². The van der Waals surface area contributed by atoms with Crippen molar-refractivity contribution in [2.75, 3.05) is 11.5 Å². The molecule has 0 spiro atoms. The van der Waals surface area contributed by atoms with Crippen LogP contribution in [-0.2, 0) is 14.3 Å². The fourth-order valence-electron chi connectivity index (χ4n) is 2.93. The molecule has 1 fully saturated rings. The van der Waals surface area contributed by atoms with Gasteiger partial charge in [0.05, 0.1) is 17.3 Å². The number of benzene rings is 2. The summed E-state index contributed by atoms with van der Waals surface area (Å²) in [6.45, 7) is 1.79. The molecule has 1 saturated carbocycles. The number of hydrogen-bond donors (Lipinski definition) is 0. The fourth-order valence-corrected chi connectivity index (χ4v) is 3.99. The molecule has 24 heavy (non-hydrogen) atoms. The molecule has 4 nitrogen and oxygen atoms in total. The Kier molecular flexibility index (Phi) is 3.81. The largest absolute Gasteiger partial charge is 0.455 e. The zero-order valence-electron chi connectivity index (χ0n) is 13.3.